The van der Waals surface area contributed by atoms with E-state index in [-0.39, 0.29) is 18.3 Å². The number of ketones is 1. The van der Waals surface area contributed by atoms with Crippen molar-refractivity contribution < 1.29 is 14.3 Å². The number of hydrogen-bond acceptors (Lipinski definition) is 3. The summed E-state index contributed by atoms with van der Waals surface area (Å²) in [7, 11) is 1.60. The van der Waals surface area contributed by atoms with Gasteiger partial charge >= 0.3 is 0 Å². The van der Waals surface area contributed by atoms with Gasteiger partial charge in [0, 0.05) is 5.92 Å². The lowest BCUT2D eigenvalue weighted by Crippen LogP contribution is -2.13. The molecule has 1 aliphatic rings. The van der Waals surface area contributed by atoms with E-state index >= 15 is 0 Å². The molecule has 86 valence electrons. The monoisotopic (exact) mass is 220 g/mol. The van der Waals surface area contributed by atoms with Crippen LogP contribution in [0.3, 0.4) is 0 Å². The molecule has 0 radical (unpaired) electrons. The van der Waals surface area contributed by atoms with Crippen LogP contribution in [0.5, 0.6) is 11.5 Å². The molecule has 0 aromatic heterocycles. The molecule has 1 saturated carbocycles. The van der Waals surface area contributed by atoms with E-state index in [1.807, 2.05) is 25.1 Å². The SMILES string of the molecule is COc1cc(C)ccc1OCC(=O)C1CC1. The lowest BCUT2D eigenvalue weighted by atomic mass is 10.2. The predicted octanol–water partition coefficient (Wildman–Crippen LogP) is 2.36. The zero-order valence-corrected chi connectivity index (χ0v) is 9.66. The number of methoxy groups -OCH3 is 1. The molecule has 0 atom stereocenters. The fourth-order valence-electron chi connectivity index (χ4n) is 1.57. The number of carbonyl (C=O) groups excluding carboxylic acids is 1. The van der Waals surface area contributed by atoms with Gasteiger partial charge in [-0.15, -0.1) is 0 Å². The highest BCUT2D eigenvalue weighted by Crippen LogP contribution is 2.31. The van der Waals surface area contributed by atoms with Crippen LogP contribution in [0.1, 0.15) is 18.4 Å². The number of aryl methyl sites for hydroxylation is 1. The molecule has 3 heteroatoms. The van der Waals surface area contributed by atoms with Crippen molar-refractivity contribution in [2.24, 2.45) is 5.92 Å². The summed E-state index contributed by atoms with van der Waals surface area (Å²) in [6.45, 7) is 2.14. The fourth-order valence-corrected chi connectivity index (χ4v) is 1.57. The zero-order chi connectivity index (χ0) is 11.5. The number of benzene rings is 1. The van der Waals surface area contributed by atoms with Crippen molar-refractivity contribution in [1.82, 2.24) is 0 Å². The highest BCUT2D eigenvalue weighted by Gasteiger charge is 2.29. The van der Waals surface area contributed by atoms with Crippen molar-refractivity contribution in [3.05, 3.63) is 23.8 Å². The van der Waals surface area contributed by atoms with Gasteiger partial charge in [0.15, 0.2) is 17.3 Å². The molecule has 0 spiro atoms. The van der Waals surface area contributed by atoms with Gasteiger partial charge in [0.05, 0.1) is 7.11 Å². The van der Waals surface area contributed by atoms with Gasteiger partial charge < -0.3 is 9.47 Å². The molecular weight excluding hydrogens is 204 g/mol. The summed E-state index contributed by atoms with van der Waals surface area (Å²) < 4.78 is 10.7. The second-order valence-corrected chi connectivity index (χ2v) is 4.18. The maximum Gasteiger partial charge on any atom is 0.173 e. The molecule has 0 aliphatic heterocycles. The zero-order valence-electron chi connectivity index (χ0n) is 9.66. The van der Waals surface area contributed by atoms with E-state index in [0.717, 1.165) is 18.4 Å². The summed E-state index contributed by atoms with van der Waals surface area (Å²) in [6.07, 6.45) is 2.04. The minimum atomic E-state index is 0.157. The first-order chi connectivity index (χ1) is 7.70. The maximum atomic E-state index is 11.5. The standard InChI is InChI=1S/C13H16O3/c1-9-3-6-12(13(7-9)15-2)16-8-11(14)10-4-5-10/h3,6-7,10H,4-5,8H2,1-2H3. The quantitative estimate of drug-likeness (QED) is 0.764. The second-order valence-electron chi connectivity index (χ2n) is 4.18. The second kappa shape index (κ2) is 4.56. The number of hydrogen-bond donors (Lipinski definition) is 0. The maximum absolute atomic E-state index is 11.5. The molecule has 1 fully saturated rings. The summed E-state index contributed by atoms with van der Waals surface area (Å²) in [5, 5.41) is 0. The molecular formula is C13H16O3. The van der Waals surface area contributed by atoms with Gasteiger partial charge in [0.25, 0.3) is 0 Å². The molecule has 0 amide bonds. The van der Waals surface area contributed by atoms with Crippen LogP contribution in [0, 0.1) is 12.8 Å². The van der Waals surface area contributed by atoms with Crippen LogP contribution in [0.4, 0.5) is 0 Å². The lowest BCUT2D eigenvalue weighted by molar-refractivity contribution is -0.122. The molecule has 1 aromatic carbocycles. The molecule has 0 saturated heterocycles. The molecule has 2 rings (SSSR count). The van der Waals surface area contributed by atoms with Crippen LogP contribution >= 0.6 is 0 Å². The van der Waals surface area contributed by atoms with Crippen molar-refractivity contribution in [2.45, 2.75) is 19.8 Å². The largest absolute Gasteiger partial charge is 0.493 e. The van der Waals surface area contributed by atoms with E-state index in [0.29, 0.717) is 11.5 Å². The summed E-state index contributed by atoms with van der Waals surface area (Å²) in [4.78, 5) is 11.5. The van der Waals surface area contributed by atoms with Gasteiger partial charge in [-0.25, -0.2) is 0 Å². The third kappa shape index (κ3) is 2.54. The summed E-state index contributed by atoms with van der Waals surface area (Å²) >= 11 is 0. The Morgan fingerprint density at radius 1 is 1.38 bits per heavy atom. The summed E-state index contributed by atoms with van der Waals surface area (Å²) in [5.74, 6) is 1.77. The number of rotatable bonds is 5. The minimum Gasteiger partial charge on any atom is -0.493 e. The smallest absolute Gasteiger partial charge is 0.173 e. The first-order valence-corrected chi connectivity index (χ1v) is 5.51. The number of ether oxygens (including phenoxy) is 2. The van der Waals surface area contributed by atoms with Crippen LogP contribution in [-0.4, -0.2) is 19.5 Å². The van der Waals surface area contributed by atoms with E-state index in [9.17, 15) is 4.79 Å². The third-order valence-electron chi connectivity index (χ3n) is 2.72. The highest BCUT2D eigenvalue weighted by atomic mass is 16.5. The molecule has 0 heterocycles. The van der Waals surface area contributed by atoms with Crippen molar-refractivity contribution >= 4 is 5.78 Å². The number of Topliss-reactive ketones (excluding diaryl/α,β-unsaturated/α-hetero) is 1. The van der Waals surface area contributed by atoms with Crippen LogP contribution in [0.15, 0.2) is 18.2 Å². The fraction of sp³-hybridized carbons (Fsp3) is 0.462. The molecule has 3 nitrogen and oxygen atoms in total. The Labute approximate surface area is 95.4 Å². The van der Waals surface area contributed by atoms with Crippen LogP contribution in [0.2, 0.25) is 0 Å². The van der Waals surface area contributed by atoms with E-state index < -0.39 is 0 Å². The van der Waals surface area contributed by atoms with Crippen molar-refractivity contribution in [1.29, 1.82) is 0 Å². The molecule has 16 heavy (non-hydrogen) atoms. The van der Waals surface area contributed by atoms with Gasteiger partial charge in [-0.2, -0.15) is 0 Å². The normalized spacial score (nSPS) is 14.6. The van der Waals surface area contributed by atoms with Crippen molar-refractivity contribution in [2.75, 3.05) is 13.7 Å². The lowest BCUT2D eigenvalue weighted by Gasteiger charge is -2.10. The summed E-state index contributed by atoms with van der Waals surface area (Å²) in [5.41, 5.74) is 1.11. The number of carbonyl (C=O) groups is 1. The van der Waals surface area contributed by atoms with Gasteiger partial charge in [0.2, 0.25) is 0 Å². The Balaban J connectivity index is 1.99. The Morgan fingerprint density at radius 3 is 2.75 bits per heavy atom. The Bertz CT molecular complexity index is 394. The molecule has 0 N–H and O–H groups in total. The van der Waals surface area contributed by atoms with Crippen LogP contribution < -0.4 is 9.47 Å². The Kier molecular flexibility index (Phi) is 3.13. The van der Waals surface area contributed by atoms with Gasteiger partial charge in [-0.1, -0.05) is 6.07 Å². The van der Waals surface area contributed by atoms with Crippen LogP contribution in [-0.2, 0) is 4.79 Å². The topological polar surface area (TPSA) is 35.5 Å². The third-order valence-corrected chi connectivity index (χ3v) is 2.72. The molecule has 0 bridgehead atoms. The van der Waals surface area contributed by atoms with E-state index in [2.05, 4.69) is 0 Å². The van der Waals surface area contributed by atoms with E-state index in [1.165, 1.54) is 0 Å². The van der Waals surface area contributed by atoms with E-state index in [1.54, 1.807) is 7.11 Å². The van der Waals surface area contributed by atoms with E-state index in [4.69, 9.17) is 9.47 Å². The Hall–Kier alpha value is -1.51. The first kappa shape index (κ1) is 11.0. The Morgan fingerprint density at radius 2 is 2.12 bits per heavy atom. The predicted molar refractivity (Wildman–Crippen MR) is 61.0 cm³/mol. The summed E-state index contributed by atoms with van der Waals surface area (Å²) in [6, 6.07) is 5.69. The average molecular weight is 220 g/mol. The molecule has 1 aliphatic carbocycles. The van der Waals surface area contributed by atoms with Gasteiger partial charge in [-0.05, 0) is 37.5 Å². The molecule has 1 aromatic rings. The van der Waals surface area contributed by atoms with Gasteiger partial charge in [-0.3, -0.25) is 4.79 Å². The van der Waals surface area contributed by atoms with Crippen molar-refractivity contribution in [3.8, 4) is 11.5 Å². The molecule has 0 unspecified atom stereocenters. The van der Waals surface area contributed by atoms with Crippen molar-refractivity contribution in [3.63, 3.8) is 0 Å². The highest BCUT2D eigenvalue weighted by molar-refractivity contribution is 5.84. The average Bonchev–Trinajstić information content (AvgIpc) is 3.10. The van der Waals surface area contributed by atoms with Gasteiger partial charge in [0.1, 0.15) is 6.61 Å². The minimum absolute atomic E-state index is 0.157. The van der Waals surface area contributed by atoms with Crippen LogP contribution in [0.25, 0.3) is 0 Å². The first-order valence-electron chi connectivity index (χ1n) is 5.51.